The predicted molar refractivity (Wildman–Crippen MR) is 46.3 cm³/mol. The van der Waals surface area contributed by atoms with Crippen molar-refractivity contribution in [2.45, 2.75) is 20.4 Å². The first-order chi connectivity index (χ1) is 5.74. The Morgan fingerprint density at radius 3 is 2.92 bits per heavy atom. The van der Waals surface area contributed by atoms with Crippen LogP contribution in [0.1, 0.15) is 18.2 Å². The number of aromatic nitrogens is 1. The van der Waals surface area contributed by atoms with Crippen LogP contribution in [0.4, 0.5) is 4.39 Å². The van der Waals surface area contributed by atoms with Crippen molar-refractivity contribution < 1.29 is 4.39 Å². The molecule has 1 aromatic heterocycles. The summed E-state index contributed by atoms with van der Waals surface area (Å²) in [7, 11) is 0. The molecule has 0 atom stereocenters. The van der Waals surface area contributed by atoms with Gasteiger partial charge in [0.25, 0.3) is 0 Å². The van der Waals surface area contributed by atoms with Crippen LogP contribution in [0.5, 0.6) is 0 Å². The zero-order valence-corrected chi connectivity index (χ0v) is 7.39. The minimum absolute atomic E-state index is 0.226. The van der Waals surface area contributed by atoms with Crippen molar-refractivity contribution in [1.82, 2.24) is 10.3 Å². The highest BCUT2D eigenvalue weighted by molar-refractivity contribution is 5.14. The van der Waals surface area contributed by atoms with E-state index in [1.165, 1.54) is 6.07 Å². The minimum Gasteiger partial charge on any atom is -0.311 e. The number of aryl methyl sites for hydroxylation is 1. The number of hydrogen-bond acceptors (Lipinski definition) is 2. The molecule has 1 rings (SSSR count). The van der Waals surface area contributed by atoms with E-state index in [4.69, 9.17) is 0 Å². The van der Waals surface area contributed by atoms with Crippen molar-refractivity contribution in [1.29, 1.82) is 0 Å². The van der Waals surface area contributed by atoms with Crippen LogP contribution in [0.3, 0.4) is 0 Å². The maximum atomic E-state index is 13.1. The van der Waals surface area contributed by atoms with Gasteiger partial charge in [-0.25, -0.2) is 4.39 Å². The molecule has 0 aromatic carbocycles. The summed E-state index contributed by atoms with van der Waals surface area (Å²) in [4.78, 5) is 3.98. The van der Waals surface area contributed by atoms with Crippen LogP contribution in [0.2, 0.25) is 0 Å². The summed E-state index contributed by atoms with van der Waals surface area (Å²) in [5, 5.41) is 3.02. The first-order valence-electron chi connectivity index (χ1n) is 4.05. The minimum atomic E-state index is -0.226. The maximum Gasteiger partial charge on any atom is 0.146 e. The van der Waals surface area contributed by atoms with Crippen LogP contribution in [0, 0.1) is 12.7 Å². The molecule has 66 valence electrons. The van der Waals surface area contributed by atoms with Gasteiger partial charge in [0.1, 0.15) is 5.82 Å². The normalized spacial score (nSPS) is 10.2. The molecular weight excluding hydrogens is 155 g/mol. The van der Waals surface area contributed by atoms with Crippen molar-refractivity contribution >= 4 is 0 Å². The fraction of sp³-hybridized carbons (Fsp3) is 0.444. The molecule has 0 spiro atoms. The zero-order valence-electron chi connectivity index (χ0n) is 7.39. The van der Waals surface area contributed by atoms with Crippen LogP contribution < -0.4 is 5.32 Å². The molecule has 0 aliphatic carbocycles. The van der Waals surface area contributed by atoms with Gasteiger partial charge >= 0.3 is 0 Å². The lowest BCUT2D eigenvalue weighted by Crippen LogP contribution is -2.14. The lowest BCUT2D eigenvalue weighted by atomic mass is 10.2. The van der Waals surface area contributed by atoms with Gasteiger partial charge in [0, 0.05) is 12.7 Å². The Labute approximate surface area is 71.8 Å². The molecule has 0 saturated carbocycles. The average Bonchev–Trinajstić information content (AvgIpc) is 2.03. The Morgan fingerprint density at radius 2 is 2.33 bits per heavy atom. The quantitative estimate of drug-likeness (QED) is 0.742. The monoisotopic (exact) mass is 168 g/mol. The van der Waals surface area contributed by atoms with E-state index in [2.05, 4.69) is 10.3 Å². The SMILES string of the molecule is CCNCc1ncc(C)cc1F. The predicted octanol–water partition coefficient (Wildman–Crippen LogP) is 1.64. The number of nitrogens with zero attached hydrogens (tertiary/aromatic N) is 1. The molecule has 0 aliphatic heterocycles. The molecule has 0 fully saturated rings. The standard InChI is InChI=1S/C9H13FN2/c1-3-11-6-9-8(10)4-7(2)5-12-9/h4-5,11H,3,6H2,1-2H3. The van der Waals surface area contributed by atoms with Gasteiger partial charge in [-0.3, -0.25) is 4.98 Å². The summed E-state index contributed by atoms with van der Waals surface area (Å²) < 4.78 is 13.1. The van der Waals surface area contributed by atoms with Gasteiger partial charge in [0.05, 0.1) is 5.69 Å². The molecule has 12 heavy (non-hydrogen) atoms. The van der Waals surface area contributed by atoms with Gasteiger partial charge in [0.2, 0.25) is 0 Å². The van der Waals surface area contributed by atoms with Crippen molar-refractivity contribution in [2.75, 3.05) is 6.54 Å². The van der Waals surface area contributed by atoms with Crippen LogP contribution in [-0.2, 0) is 6.54 Å². The topological polar surface area (TPSA) is 24.9 Å². The summed E-state index contributed by atoms with van der Waals surface area (Å²) >= 11 is 0. The summed E-state index contributed by atoms with van der Waals surface area (Å²) in [5.74, 6) is -0.226. The van der Waals surface area contributed by atoms with Gasteiger partial charge in [-0.15, -0.1) is 0 Å². The Bertz CT molecular complexity index is 261. The van der Waals surface area contributed by atoms with E-state index in [0.717, 1.165) is 12.1 Å². The molecule has 0 unspecified atom stereocenters. The highest BCUT2D eigenvalue weighted by Gasteiger charge is 2.01. The van der Waals surface area contributed by atoms with Crippen LogP contribution in [-0.4, -0.2) is 11.5 Å². The molecule has 3 heteroatoms. The molecule has 0 aliphatic rings. The van der Waals surface area contributed by atoms with E-state index >= 15 is 0 Å². The summed E-state index contributed by atoms with van der Waals surface area (Å²) in [6.45, 7) is 5.14. The van der Waals surface area contributed by atoms with Crippen LogP contribution >= 0.6 is 0 Å². The smallest absolute Gasteiger partial charge is 0.146 e. The molecule has 1 aromatic rings. The second kappa shape index (κ2) is 4.16. The number of nitrogens with one attached hydrogen (secondary N) is 1. The fourth-order valence-electron chi connectivity index (χ4n) is 0.935. The van der Waals surface area contributed by atoms with E-state index in [1.54, 1.807) is 6.20 Å². The van der Waals surface area contributed by atoms with E-state index in [1.807, 2.05) is 13.8 Å². The van der Waals surface area contributed by atoms with Crippen molar-refractivity contribution in [2.24, 2.45) is 0 Å². The molecule has 1 heterocycles. The first-order valence-corrected chi connectivity index (χ1v) is 4.05. The molecule has 0 radical (unpaired) electrons. The summed E-state index contributed by atoms with van der Waals surface area (Å²) in [6, 6.07) is 1.50. The number of rotatable bonds is 3. The Balaban J connectivity index is 2.72. The van der Waals surface area contributed by atoms with E-state index in [9.17, 15) is 4.39 Å². The second-order valence-electron chi connectivity index (χ2n) is 2.72. The van der Waals surface area contributed by atoms with Gasteiger partial charge in [0.15, 0.2) is 0 Å². The van der Waals surface area contributed by atoms with Gasteiger partial charge in [-0.1, -0.05) is 6.92 Å². The second-order valence-corrected chi connectivity index (χ2v) is 2.72. The molecule has 0 amide bonds. The highest BCUT2D eigenvalue weighted by Crippen LogP contribution is 2.05. The first kappa shape index (κ1) is 9.13. The van der Waals surface area contributed by atoms with Crippen molar-refractivity contribution in [3.8, 4) is 0 Å². The summed E-state index contributed by atoms with van der Waals surface area (Å²) in [5.41, 5.74) is 1.34. The van der Waals surface area contributed by atoms with Crippen molar-refractivity contribution in [3.63, 3.8) is 0 Å². The van der Waals surface area contributed by atoms with E-state index in [-0.39, 0.29) is 5.82 Å². The van der Waals surface area contributed by atoms with Gasteiger partial charge in [-0.05, 0) is 25.1 Å². The fourth-order valence-corrected chi connectivity index (χ4v) is 0.935. The number of halogens is 1. The van der Waals surface area contributed by atoms with Crippen LogP contribution in [0.25, 0.3) is 0 Å². The Kier molecular flexibility index (Phi) is 3.17. The third-order valence-electron chi connectivity index (χ3n) is 1.60. The summed E-state index contributed by atoms with van der Waals surface area (Å²) in [6.07, 6.45) is 1.68. The largest absolute Gasteiger partial charge is 0.311 e. The van der Waals surface area contributed by atoms with Gasteiger partial charge < -0.3 is 5.32 Å². The Morgan fingerprint density at radius 1 is 1.58 bits per heavy atom. The lowest BCUT2D eigenvalue weighted by Gasteiger charge is -2.02. The zero-order chi connectivity index (χ0) is 8.97. The van der Waals surface area contributed by atoms with E-state index in [0.29, 0.717) is 12.2 Å². The Hall–Kier alpha value is -0.960. The third-order valence-corrected chi connectivity index (χ3v) is 1.60. The van der Waals surface area contributed by atoms with Crippen molar-refractivity contribution in [3.05, 3.63) is 29.3 Å². The average molecular weight is 168 g/mol. The molecular formula is C9H13FN2. The molecule has 0 bridgehead atoms. The van der Waals surface area contributed by atoms with E-state index < -0.39 is 0 Å². The maximum absolute atomic E-state index is 13.1. The van der Waals surface area contributed by atoms with Crippen LogP contribution in [0.15, 0.2) is 12.3 Å². The lowest BCUT2D eigenvalue weighted by molar-refractivity contribution is 0.578. The molecule has 1 N–H and O–H groups in total. The number of pyridine rings is 1. The highest BCUT2D eigenvalue weighted by atomic mass is 19.1. The van der Waals surface area contributed by atoms with Gasteiger partial charge in [-0.2, -0.15) is 0 Å². The number of hydrogen-bond donors (Lipinski definition) is 1. The third kappa shape index (κ3) is 2.27. The molecule has 0 saturated heterocycles. The molecule has 2 nitrogen and oxygen atoms in total.